The third kappa shape index (κ3) is 12.2. The van der Waals surface area contributed by atoms with Crippen LogP contribution in [0.1, 0.15) is 58.3 Å². The lowest BCUT2D eigenvalue weighted by Gasteiger charge is -2.16. The van der Waals surface area contributed by atoms with E-state index in [0.717, 1.165) is 31.4 Å². The van der Waals surface area contributed by atoms with Crippen molar-refractivity contribution in [2.24, 2.45) is 5.92 Å². The minimum atomic E-state index is -0.445. The van der Waals surface area contributed by atoms with E-state index in [9.17, 15) is 9.59 Å². The Kier molecular flexibility index (Phi) is 13.3. The molecular formula is C18H30O4. The predicted molar refractivity (Wildman–Crippen MR) is 88.4 cm³/mol. The van der Waals surface area contributed by atoms with E-state index in [1.807, 2.05) is 0 Å². The van der Waals surface area contributed by atoms with Crippen LogP contribution in [0.25, 0.3) is 0 Å². The first-order valence-electron chi connectivity index (χ1n) is 8.22. The van der Waals surface area contributed by atoms with Crippen LogP contribution in [0.15, 0.2) is 25.3 Å². The molecule has 0 saturated carbocycles. The number of unbranched alkanes of at least 4 members (excludes halogenated alkanes) is 6. The van der Waals surface area contributed by atoms with Crippen molar-refractivity contribution in [3.05, 3.63) is 25.3 Å². The Hall–Kier alpha value is -1.58. The van der Waals surface area contributed by atoms with Gasteiger partial charge in [-0.15, -0.1) is 0 Å². The maximum Gasteiger partial charge on any atom is 0.330 e. The molecule has 4 nitrogen and oxygen atoms in total. The molecule has 0 rings (SSSR count). The van der Waals surface area contributed by atoms with Gasteiger partial charge in [-0.3, -0.25) is 0 Å². The van der Waals surface area contributed by atoms with E-state index in [1.165, 1.54) is 32.1 Å². The molecule has 0 spiro atoms. The number of esters is 2. The zero-order valence-corrected chi connectivity index (χ0v) is 13.9. The molecule has 0 aliphatic heterocycles. The van der Waals surface area contributed by atoms with Gasteiger partial charge in [-0.1, -0.05) is 65.0 Å². The van der Waals surface area contributed by atoms with Gasteiger partial charge in [-0.05, 0) is 6.42 Å². The second-order valence-electron chi connectivity index (χ2n) is 5.44. The maximum atomic E-state index is 11.1. The molecule has 0 fully saturated rings. The second kappa shape index (κ2) is 14.4. The Morgan fingerprint density at radius 2 is 1.32 bits per heavy atom. The van der Waals surface area contributed by atoms with Gasteiger partial charge < -0.3 is 9.47 Å². The third-order valence-electron chi connectivity index (χ3n) is 3.47. The Balaban J connectivity index is 3.94. The summed E-state index contributed by atoms with van der Waals surface area (Å²) in [6.07, 6.45) is 11.7. The summed E-state index contributed by atoms with van der Waals surface area (Å²) >= 11 is 0. The summed E-state index contributed by atoms with van der Waals surface area (Å²) in [5, 5.41) is 0. The molecule has 0 N–H and O–H groups in total. The Labute approximate surface area is 134 Å². The third-order valence-corrected chi connectivity index (χ3v) is 3.47. The van der Waals surface area contributed by atoms with Gasteiger partial charge in [0.25, 0.3) is 0 Å². The number of ether oxygens (including phenoxy) is 2. The van der Waals surface area contributed by atoms with Crippen molar-refractivity contribution in [1.82, 2.24) is 0 Å². The van der Waals surface area contributed by atoms with Gasteiger partial charge in [0.1, 0.15) is 0 Å². The van der Waals surface area contributed by atoms with Gasteiger partial charge in [-0.2, -0.15) is 0 Å². The number of hydrogen-bond donors (Lipinski definition) is 0. The van der Waals surface area contributed by atoms with Gasteiger partial charge >= 0.3 is 11.9 Å². The van der Waals surface area contributed by atoms with Crippen molar-refractivity contribution in [2.75, 3.05) is 13.2 Å². The van der Waals surface area contributed by atoms with Crippen LogP contribution in [0, 0.1) is 5.92 Å². The highest BCUT2D eigenvalue weighted by Gasteiger charge is 2.13. The van der Waals surface area contributed by atoms with Crippen LogP contribution in [0.4, 0.5) is 0 Å². The molecule has 4 heteroatoms. The van der Waals surface area contributed by atoms with Crippen LogP contribution in [0.5, 0.6) is 0 Å². The quantitative estimate of drug-likeness (QED) is 0.274. The predicted octanol–water partition coefficient (Wildman–Crippen LogP) is 4.20. The molecule has 0 saturated heterocycles. The van der Waals surface area contributed by atoms with E-state index in [2.05, 4.69) is 20.1 Å². The van der Waals surface area contributed by atoms with Gasteiger partial charge in [0, 0.05) is 18.1 Å². The molecule has 0 radical (unpaired) electrons. The van der Waals surface area contributed by atoms with Gasteiger partial charge in [0.05, 0.1) is 13.2 Å². The van der Waals surface area contributed by atoms with Crippen molar-refractivity contribution < 1.29 is 19.1 Å². The lowest BCUT2D eigenvalue weighted by Crippen LogP contribution is -2.20. The summed E-state index contributed by atoms with van der Waals surface area (Å²) in [5.41, 5.74) is 0. The minimum absolute atomic E-state index is 0.0310. The molecule has 22 heavy (non-hydrogen) atoms. The Morgan fingerprint density at radius 3 is 1.77 bits per heavy atom. The fraction of sp³-hybridized carbons (Fsp3) is 0.667. The first-order chi connectivity index (χ1) is 10.6. The highest BCUT2D eigenvalue weighted by atomic mass is 16.5. The highest BCUT2D eigenvalue weighted by molar-refractivity contribution is 5.81. The molecular weight excluding hydrogens is 280 g/mol. The van der Waals surface area contributed by atoms with Crippen molar-refractivity contribution in [1.29, 1.82) is 0 Å². The topological polar surface area (TPSA) is 52.6 Å². The molecule has 0 aromatic rings. The number of carbonyl (C=O) groups excluding carboxylic acids is 2. The molecule has 0 heterocycles. The normalized spacial score (nSPS) is 10.3. The Bertz CT molecular complexity index is 312. The smallest absolute Gasteiger partial charge is 0.330 e. The van der Waals surface area contributed by atoms with Crippen LogP contribution in [-0.2, 0) is 19.1 Å². The monoisotopic (exact) mass is 310 g/mol. The van der Waals surface area contributed by atoms with Gasteiger partial charge in [0.15, 0.2) is 0 Å². The highest BCUT2D eigenvalue weighted by Crippen LogP contribution is 2.14. The molecule has 126 valence electrons. The van der Waals surface area contributed by atoms with E-state index in [0.29, 0.717) is 0 Å². The summed E-state index contributed by atoms with van der Waals surface area (Å²) in [6, 6.07) is 0. The lowest BCUT2D eigenvalue weighted by molar-refractivity contribution is -0.143. The summed E-state index contributed by atoms with van der Waals surface area (Å²) in [6.45, 7) is 9.45. The molecule has 0 bridgehead atoms. The number of hydrogen-bond acceptors (Lipinski definition) is 4. The summed E-state index contributed by atoms with van der Waals surface area (Å²) in [5.74, 6) is -0.859. The zero-order chi connectivity index (χ0) is 16.6. The first-order valence-corrected chi connectivity index (χ1v) is 8.22. The van der Waals surface area contributed by atoms with E-state index >= 15 is 0 Å². The summed E-state index contributed by atoms with van der Waals surface area (Å²) < 4.78 is 10.1. The van der Waals surface area contributed by atoms with E-state index in [-0.39, 0.29) is 19.1 Å². The largest absolute Gasteiger partial charge is 0.462 e. The van der Waals surface area contributed by atoms with E-state index in [1.54, 1.807) is 0 Å². The van der Waals surface area contributed by atoms with Crippen LogP contribution in [-0.4, -0.2) is 25.2 Å². The van der Waals surface area contributed by atoms with Crippen LogP contribution in [0.2, 0.25) is 0 Å². The molecule has 0 aliphatic rings. The first kappa shape index (κ1) is 20.4. The molecule has 0 aromatic heterocycles. The number of carbonyl (C=O) groups is 2. The van der Waals surface area contributed by atoms with Crippen molar-refractivity contribution in [3.8, 4) is 0 Å². The Morgan fingerprint density at radius 1 is 0.864 bits per heavy atom. The van der Waals surface area contributed by atoms with E-state index < -0.39 is 11.9 Å². The fourth-order valence-electron chi connectivity index (χ4n) is 2.12. The molecule has 0 amide bonds. The van der Waals surface area contributed by atoms with E-state index in [4.69, 9.17) is 9.47 Å². The maximum absolute atomic E-state index is 11.1. The summed E-state index contributed by atoms with van der Waals surface area (Å²) in [7, 11) is 0. The average molecular weight is 310 g/mol. The van der Waals surface area contributed by atoms with Crippen molar-refractivity contribution in [2.45, 2.75) is 58.3 Å². The van der Waals surface area contributed by atoms with Crippen LogP contribution >= 0.6 is 0 Å². The standard InChI is InChI=1S/C18H30O4/c1-4-7-8-9-10-11-12-13-16(14-21-17(19)5-2)15-22-18(20)6-3/h5-6,16H,2-4,7-15H2,1H3. The zero-order valence-electron chi connectivity index (χ0n) is 13.9. The van der Waals surface area contributed by atoms with Gasteiger partial charge in [-0.25, -0.2) is 9.59 Å². The SMILES string of the molecule is C=CC(=O)OCC(CCCCCCCCC)COC(=O)C=C. The summed E-state index contributed by atoms with van der Waals surface area (Å²) in [4.78, 5) is 22.2. The fourth-order valence-corrected chi connectivity index (χ4v) is 2.12. The average Bonchev–Trinajstić information content (AvgIpc) is 2.54. The van der Waals surface area contributed by atoms with Crippen molar-refractivity contribution in [3.63, 3.8) is 0 Å². The van der Waals surface area contributed by atoms with Crippen molar-refractivity contribution >= 4 is 11.9 Å². The molecule has 0 atom stereocenters. The molecule has 0 aromatic carbocycles. The molecule has 0 unspecified atom stereocenters. The lowest BCUT2D eigenvalue weighted by atomic mass is 10.0. The second-order valence-corrected chi connectivity index (χ2v) is 5.44. The van der Waals surface area contributed by atoms with Crippen LogP contribution in [0.3, 0.4) is 0 Å². The van der Waals surface area contributed by atoms with Gasteiger partial charge in [0.2, 0.25) is 0 Å². The molecule has 0 aliphatic carbocycles. The minimum Gasteiger partial charge on any atom is -0.462 e. The number of rotatable bonds is 14. The van der Waals surface area contributed by atoms with Crippen LogP contribution < -0.4 is 0 Å².